The van der Waals surface area contributed by atoms with Crippen LogP contribution in [0, 0.1) is 5.82 Å². The van der Waals surface area contributed by atoms with E-state index in [1.807, 2.05) is 6.07 Å². The number of halogens is 1. The van der Waals surface area contributed by atoms with Gasteiger partial charge in [-0.15, -0.1) is 0 Å². The van der Waals surface area contributed by atoms with E-state index in [1.165, 1.54) is 25.3 Å². The number of benzene rings is 1. The van der Waals surface area contributed by atoms with Gasteiger partial charge < -0.3 is 29.0 Å². The third kappa shape index (κ3) is 4.85. The Hall–Kier alpha value is -3.17. The molecule has 0 radical (unpaired) electrons. The third-order valence-corrected chi connectivity index (χ3v) is 6.55. The fourth-order valence-electron chi connectivity index (χ4n) is 4.62. The molecule has 34 heavy (non-hydrogen) atoms. The molecule has 2 aliphatic heterocycles. The Kier molecular flexibility index (Phi) is 6.64. The summed E-state index contributed by atoms with van der Waals surface area (Å²) in [5, 5.41) is 4.02. The zero-order chi connectivity index (χ0) is 23.5. The minimum atomic E-state index is -0.387. The SMILES string of the molecule is COc1cc(F)c2ccc(=O)n(CCN3CCC(NCc4cc5c(cn4)OCCO5)CC3)c2c1. The lowest BCUT2D eigenvalue weighted by Crippen LogP contribution is -2.43. The van der Waals surface area contributed by atoms with Gasteiger partial charge in [-0.2, -0.15) is 0 Å². The smallest absolute Gasteiger partial charge is 0.251 e. The van der Waals surface area contributed by atoms with Gasteiger partial charge in [0.25, 0.3) is 5.56 Å². The number of ether oxygens (including phenoxy) is 3. The standard InChI is InChI=1S/C25H29FN4O4/c1-32-19-13-21(26)20-2-3-25(31)30(22(20)14-19)9-8-29-6-4-17(5-7-29)27-15-18-12-23-24(16-28-18)34-11-10-33-23/h2-3,12-14,16-17,27H,4-11,15H2,1H3. The summed E-state index contributed by atoms with van der Waals surface area (Å²) in [4.78, 5) is 19.3. The van der Waals surface area contributed by atoms with Crippen LogP contribution in [0.2, 0.25) is 0 Å². The Bertz CT molecular complexity index is 1220. The molecule has 3 aromatic rings. The summed E-state index contributed by atoms with van der Waals surface area (Å²) in [5.74, 6) is 1.48. The van der Waals surface area contributed by atoms with Crippen LogP contribution in [0.15, 0.2) is 41.3 Å². The number of piperidine rings is 1. The van der Waals surface area contributed by atoms with E-state index in [4.69, 9.17) is 14.2 Å². The van der Waals surface area contributed by atoms with Crippen molar-refractivity contribution in [3.63, 3.8) is 0 Å². The fraction of sp³-hybridized carbons (Fsp3) is 0.440. The molecule has 5 rings (SSSR count). The van der Waals surface area contributed by atoms with Gasteiger partial charge in [0.2, 0.25) is 0 Å². The second-order valence-corrected chi connectivity index (χ2v) is 8.68. The minimum Gasteiger partial charge on any atom is -0.497 e. The molecule has 9 heteroatoms. The van der Waals surface area contributed by atoms with Crippen molar-refractivity contribution in [1.82, 2.24) is 19.8 Å². The van der Waals surface area contributed by atoms with Gasteiger partial charge in [-0.05, 0) is 32.0 Å². The van der Waals surface area contributed by atoms with Crippen molar-refractivity contribution in [2.75, 3.05) is 40.0 Å². The van der Waals surface area contributed by atoms with Gasteiger partial charge in [0.15, 0.2) is 11.5 Å². The molecule has 0 spiro atoms. The Morgan fingerprint density at radius 3 is 2.71 bits per heavy atom. The molecule has 180 valence electrons. The highest BCUT2D eigenvalue weighted by Gasteiger charge is 2.20. The summed E-state index contributed by atoms with van der Waals surface area (Å²) >= 11 is 0. The van der Waals surface area contributed by atoms with Crippen LogP contribution in [0.5, 0.6) is 17.2 Å². The zero-order valence-electron chi connectivity index (χ0n) is 19.3. The molecule has 0 atom stereocenters. The number of rotatable bonds is 7. The molecule has 0 unspecified atom stereocenters. The van der Waals surface area contributed by atoms with E-state index in [2.05, 4.69) is 15.2 Å². The number of likely N-dealkylation sites (tertiary alicyclic amines) is 1. The Morgan fingerprint density at radius 2 is 1.91 bits per heavy atom. The molecule has 0 bridgehead atoms. The highest BCUT2D eigenvalue weighted by Crippen LogP contribution is 2.29. The largest absolute Gasteiger partial charge is 0.497 e. The van der Waals surface area contributed by atoms with E-state index >= 15 is 0 Å². The number of fused-ring (bicyclic) bond motifs is 2. The van der Waals surface area contributed by atoms with Crippen molar-refractivity contribution in [2.45, 2.75) is 32.0 Å². The van der Waals surface area contributed by atoms with Crippen LogP contribution in [-0.4, -0.2) is 60.5 Å². The number of pyridine rings is 2. The van der Waals surface area contributed by atoms with Crippen LogP contribution in [-0.2, 0) is 13.1 Å². The van der Waals surface area contributed by atoms with Crippen LogP contribution in [0.4, 0.5) is 4.39 Å². The summed E-state index contributed by atoms with van der Waals surface area (Å²) in [5.41, 5.74) is 1.36. The first-order valence-corrected chi connectivity index (χ1v) is 11.7. The van der Waals surface area contributed by atoms with E-state index < -0.39 is 0 Å². The lowest BCUT2D eigenvalue weighted by atomic mass is 10.0. The molecule has 0 aliphatic carbocycles. The first-order chi connectivity index (χ1) is 16.6. The summed E-state index contributed by atoms with van der Waals surface area (Å²) in [6.07, 6.45) is 3.75. The molecular formula is C25H29FN4O4. The van der Waals surface area contributed by atoms with Crippen molar-refractivity contribution >= 4 is 10.9 Å². The maximum Gasteiger partial charge on any atom is 0.251 e. The average Bonchev–Trinajstić information content (AvgIpc) is 2.87. The minimum absolute atomic E-state index is 0.136. The molecular weight excluding hydrogens is 439 g/mol. The summed E-state index contributed by atoms with van der Waals surface area (Å²) < 4.78 is 32.4. The topological polar surface area (TPSA) is 77.9 Å². The molecule has 0 saturated carbocycles. The van der Waals surface area contributed by atoms with E-state index in [0.717, 1.165) is 43.9 Å². The van der Waals surface area contributed by atoms with Gasteiger partial charge in [0, 0.05) is 55.3 Å². The maximum absolute atomic E-state index is 14.4. The number of nitrogens with one attached hydrogen (secondary N) is 1. The van der Waals surface area contributed by atoms with Crippen molar-refractivity contribution in [2.24, 2.45) is 0 Å². The highest BCUT2D eigenvalue weighted by atomic mass is 19.1. The molecule has 2 aliphatic rings. The summed E-state index contributed by atoms with van der Waals surface area (Å²) in [6.45, 7) is 4.91. The van der Waals surface area contributed by atoms with Gasteiger partial charge in [0.1, 0.15) is 24.8 Å². The average molecular weight is 469 g/mol. The molecule has 2 aromatic heterocycles. The molecule has 1 aromatic carbocycles. The molecule has 4 heterocycles. The zero-order valence-corrected chi connectivity index (χ0v) is 19.3. The third-order valence-electron chi connectivity index (χ3n) is 6.55. The van der Waals surface area contributed by atoms with Crippen LogP contribution in [0.25, 0.3) is 10.9 Å². The predicted octanol–water partition coefficient (Wildman–Crippen LogP) is 2.57. The Morgan fingerprint density at radius 1 is 1.12 bits per heavy atom. The summed E-state index contributed by atoms with van der Waals surface area (Å²) in [7, 11) is 1.49. The monoisotopic (exact) mass is 468 g/mol. The van der Waals surface area contributed by atoms with Gasteiger partial charge in [-0.25, -0.2) is 4.39 Å². The van der Waals surface area contributed by atoms with Gasteiger partial charge in [-0.3, -0.25) is 9.78 Å². The molecule has 1 saturated heterocycles. The van der Waals surface area contributed by atoms with Crippen molar-refractivity contribution in [3.8, 4) is 17.2 Å². The van der Waals surface area contributed by atoms with Crippen molar-refractivity contribution in [1.29, 1.82) is 0 Å². The van der Waals surface area contributed by atoms with Gasteiger partial charge in [-0.1, -0.05) is 0 Å². The first kappa shape index (κ1) is 22.6. The van der Waals surface area contributed by atoms with Crippen LogP contribution >= 0.6 is 0 Å². The van der Waals surface area contributed by atoms with E-state index in [1.54, 1.807) is 16.8 Å². The fourth-order valence-corrected chi connectivity index (χ4v) is 4.62. The normalized spacial score (nSPS) is 16.6. The van der Waals surface area contributed by atoms with Gasteiger partial charge in [0.05, 0.1) is 24.5 Å². The lowest BCUT2D eigenvalue weighted by molar-refractivity contribution is 0.170. The number of methoxy groups -OCH3 is 1. The lowest BCUT2D eigenvalue weighted by Gasteiger charge is -2.32. The quantitative estimate of drug-likeness (QED) is 0.571. The second kappa shape index (κ2) is 9.99. The van der Waals surface area contributed by atoms with Crippen LogP contribution in [0.3, 0.4) is 0 Å². The highest BCUT2D eigenvalue weighted by molar-refractivity contribution is 5.81. The van der Waals surface area contributed by atoms with Crippen molar-refractivity contribution in [3.05, 3.63) is 58.4 Å². The van der Waals surface area contributed by atoms with E-state index in [0.29, 0.717) is 54.7 Å². The number of hydrogen-bond acceptors (Lipinski definition) is 7. The van der Waals surface area contributed by atoms with E-state index in [9.17, 15) is 9.18 Å². The molecule has 8 nitrogen and oxygen atoms in total. The van der Waals surface area contributed by atoms with E-state index in [-0.39, 0.29) is 11.4 Å². The van der Waals surface area contributed by atoms with Crippen LogP contribution < -0.4 is 25.1 Å². The first-order valence-electron chi connectivity index (χ1n) is 11.7. The molecule has 0 amide bonds. The van der Waals surface area contributed by atoms with Crippen molar-refractivity contribution < 1.29 is 18.6 Å². The Balaban J connectivity index is 1.15. The predicted molar refractivity (Wildman–Crippen MR) is 126 cm³/mol. The van der Waals surface area contributed by atoms with Gasteiger partial charge >= 0.3 is 0 Å². The number of aromatic nitrogens is 2. The molecule has 1 N–H and O–H groups in total. The number of hydrogen-bond donors (Lipinski definition) is 1. The van der Waals surface area contributed by atoms with Crippen LogP contribution in [0.1, 0.15) is 18.5 Å². The molecule has 1 fully saturated rings. The Labute approximate surface area is 197 Å². The number of nitrogens with zero attached hydrogens (tertiary/aromatic N) is 3. The maximum atomic E-state index is 14.4. The summed E-state index contributed by atoms with van der Waals surface area (Å²) in [6, 6.07) is 8.38. The second-order valence-electron chi connectivity index (χ2n) is 8.68.